The van der Waals surface area contributed by atoms with E-state index in [1.54, 1.807) is 0 Å². The molecule has 2 N–H and O–H groups in total. The lowest BCUT2D eigenvalue weighted by Crippen LogP contribution is -2.25. The number of nitrogens with zero attached hydrogens (tertiary/aromatic N) is 1. The van der Waals surface area contributed by atoms with Crippen molar-refractivity contribution in [2.24, 2.45) is 0 Å². The number of ether oxygens (including phenoxy) is 1. The first kappa shape index (κ1) is 15.2. The molecule has 0 unspecified atom stereocenters. The summed E-state index contributed by atoms with van der Waals surface area (Å²) in [6.45, 7) is 1.25. The van der Waals surface area contributed by atoms with Gasteiger partial charge < -0.3 is 15.2 Å². The highest BCUT2D eigenvalue weighted by atomic mass is 35.5. The van der Waals surface area contributed by atoms with Gasteiger partial charge in [-0.05, 0) is 18.6 Å². The molecule has 1 aromatic heterocycles. The van der Waals surface area contributed by atoms with E-state index >= 15 is 0 Å². The molecular weight excluding hydrogens is 279 g/mol. The van der Waals surface area contributed by atoms with Crippen molar-refractivity contribution in [1.82, 2.24) is 10.3 Å². The molecular formula is C11H14Cl2N2O3. The van der Waals surface area contributed by atoms with Crippen LogP contribution in [0.3, 0.4) is 0 Å². The smallest absolute Gasteiger partial charge is 0.254 e. The zero-order valence-corrected chi connectivity index (χ0v) is 11.2. The van der Waals surface area contributed by atoms with E-state index < -0.39 is 0 Å². The van der Waals surface area contributed by atoms with Gasteiger partial charge in [-0.3, -0.25) is 4.79 Å². The minimum atomic E-state index is -0.300. The third-order valence-electron chi connectivity index (χ3n) is 2.05. The Morgan fingerprint density at radius 3 is 2.83 bits per heavy atom. The Labute approximate surface area is 115 Å². The second-order valence-electron chi connectivity index (χ2n) is 3.42. The van der Waals surface area contributed by atoms with Gasteiger partial charge in [-0.15, -0.1) is 0 Å². The predicted octanol–water partition coefficient (Wildman–Crippen LogP) is 1.52. The molecule has 0 aromatic carbocycles. The molecule has 0 atom stereocenters. The first-order valence-electron chi connectivity index (χ1n) is 5.44. The number of carbonyl (C=O) groups excluding carboxylic acids is 1. The molecule has 1 amide bonds. The van der Waals surface area contributed by atoms with Gasteiger partial charge in [-0.25, -0.2) is 4.98 Å². The lowest BCUT2D eigenvalue weighted by molar-refractivity contribution is 0.0867. The van der Waals surface area contributed by atoms with Crippen molar-refractivity contribution in [2.45, 2.75) is 6.42 Å². The molecule has 18 heavy (non-hydrogen) atoms. The van der Waals surface area contributed by atoms with Crippen LogP contribution in [0.25, 0.3) is 0 Å². The average molecular weight is 293 g/mol. The van der Waals surface area contributed by atoms with Gasteiger partial charge in [-0.1, -0.05) is 23.2 Å². The number of aliphatic hydroxyl groups excluding tert-OH is 1. The summed E-state index contributed by atoms with van der Waals surface area (Å²) in [5.41, 5.74) is 0.289. The van der Waals surface area contributed by atoms with Gasteiger partial charge in [0.2, 0.25) is 0 Å². The number of carbonyl (C=O) groups is 1. The van der Waals surface area contributed by atoms with Crippen molar-refractivity contribution in [3.8, 4) is 0 Å². The van der Waals surface area contributed by atoms with Crippen LogP contribution in [0.2, 0.25) is 10.3 Å². The maximum absolute atomic E-state index is 11.7. The molecule has 5 nitrogen and oxygen atoms in total. The number of hydrogen-bond acceptors (Lipinski definition) is 4. The quantitative estimate of drug-likeness (QED) is 0.590. The molecule has 0 spiro atoms. The van der Waals surface area contributed by atoms with E-state index in [0.29, 0.717) is 26.2 Å². The van der Waals surface area contributed by atoms with Gasteiger partial charge in [0.05, 0.1) is 18.8 Å². The van der Waals surface area contributed by atoms with Crippen molar-refractivity contribution >= 4 is 29.1 Å². The zero-order chi connectivity index (χ0) is 13.4. The highest BCUT2D eigenvalue weighted by Gasteiger charge is 2.10. The molecule has 0 bridgehead atoms. The molecule has 1 aromatic rings. The van der Waals surface area contributed by atoms with Crippen molar-refractivity contribution in [2.75, 3.05) is 26.4 Å². The number of pyridine rings is 1. The average Bonchev–Trinajstić information content (AvgIpc) is 2.33. The van der Waals surface area contributed by atoms with Crippen LogP contribution in [-0.2, 0) is 4.74 Å². The largest absolute Gasteiger partial charge is 0.394 e. The molecule has 0 aliphatic carbocycles. The van der Waals surface area contributed by atoms with Crippen LogP contribution in [-0.4, -0.2) is 42.4 Å². The third kappa shape index (κ3) is 5.18. The van der Waals surface area contributed by atoms with E-state index in [4.69, 9.17) is 33.0 Å². The van der Waals surface area contributed by atoms with E-state index in [2.05, 4.69) is 10.3 Å². The van der Waals surface area contributed by atoms with E-state index in [1.165, 1.54) is 12.1 Å². The lowest BCUT2D eigenvalue weighted by atomic mass is 10.2. The van der Waals surface area contributed by atoms with Gasteiger partial charge in [-0.2, -0.15) is 0 Å². The molecule has 0 radical (unpaired) electrons. The van der Waals surface area contributed by atoms with Crippen LogP contribution in [0.1, 0.15) is 16.8 Å². The number of amides is 1. The number of aromatic nitrogens is 1. The summed E-state index contributed by atoms with van der Waals surface area (Å²) >= 11 is 11.4. The molecule has 0 aliphatic heterocycles. The Hall–Kier alpha value is -0.880. The standard InChI is InChI=1S/C11H14Cl2N2O3/c12-9-3-2-8(10(13)15-9)11(17)14-4-1-6-18-7-5-16/h2-3,16H,1,4-7H2,(H,14,17). The second kappa shape index (κ2) is 8.26. The van der Waals surface area contributed by atoms with Crippen molar-refractivity contribution in [1.29, 1.82) is 0 Å². The Morgan fingerprint density at radius 2 is 2.17 bits per heavy atom. The Balaban J connectivity index is 2.32. The predicted molar refractivity (Wildman–Crippen MR) is 69.1 cm³/mol. The normalized spacial score (nSPS) is 10.4. The number of rotatable bonds is 7. The minimum Gasteiger partial charge on any atom is -0.394 e. The van der Waals surface area contributed by atoms with Crippen LogP contribution in [0, 0.1) is 0 Å². The first-order chi connectivity index (χ1) is 8.65. The molecule has 0 aliphatic rings. The highest BCUT2D eigenvalue weighted by Crippen LogP contribution is 2.16. The third-order valence-corrected chi connectivity index (χ3v) is 2.54. The second-order valence-corrected chi connectivity index (χ2v) is 4.16. The minimum absolute atomic E-state index is 0.00158. The molecule has 1 rings (SSSR count). The fourth-order valence-corrected chi connectivity index (χ4v) is 1.65. The fraction of sp³-hybridized carbons (Fsp3) is 0.455. The highest BCUT2D eigenvalue weighted by molar-refractivity contribution is 6.34. The van der Waals surface area contributed by atoms with E-state index in [1.807, 2.05) is 0 Å². The van der Waals surface area contributed by atoms with Crippen LogP contribution in [0.5, 0.6) is 0 Å². The monoisotopic (exact) mass is 292 g/mol. The van der Waals surface area contributed by atoms with Crippen LogP contribution >= 0.6 is 23.2 Å². The van der Waals surface area contributed by atoms with Crippen molar-refractivity contribution < 1.29 is 14.6 Å². The topological polar surface area (TPSA) is 71.5 Å². The number of aliphatic hydroxyl groups is 1. The summed E-state index contributed by atoms with van der Waals surface area (Å²) < 4.78 is 5.05. The maximum atomic E-state index is 11.7. The zero-order valence-electron chi connectivity index (χ0n) is 9.66. The number of halogens is 2. The van der Waals surface area contributed by atoms with E-state index in [0.717, 1.165) is 0 Å². The van der Waals surface area contributed by atoms with Gasteiger partial charge in [0.15, 0.2) is 0 Å². The molecule has 7 heteroatoms. The molecule has 0 saturated carbocycles. The summed E-state index contributed by atoms with van der Waals surface area (Å²) in [6.07, 6.45) is 0.657. The Morgan fingerprint density at radius 1 is 1.39 bits per heavy atom. The number of nitrogens with one attached hydrogen (secondary N) is 1. The van der Waals surface area contributed by atoms with Crippen molar-refractivity contribution in [3.63, 3.8) is 0 Å². The summed E-state index contributed by atoms with van der Waals surface area (Å²) in [5.74, 6) is -0.300. The molecule has 100 valence electrons. The van der Waals surface area contributed by atoms with Crippen molar-refractivity contribution in [3.05, 3.63) is 28.0 Å². The molecule has 1 heterocycles. The van der Waals surface area contributed by atoms with Crippen LogP contribution in [0.15, 0.2) is 12.1 Å². The fourth-order valence-electron chi connectivity index (χ4n) is 1.22. The number of hydrogen-bond donors (Lipinski definition) is 2. The summed E-state index contributed by atoms with van der Waals surface area (Å²) in [6, 6.07) is 3.03. The molecule has 0 saturated heterocycles. The van der Waals surface area contributed by atoms with Gasteiger partial charge in [0, 0.05) is 13.2 Å². The van der Waals surface area contributed by atoms with Gasteiger partial charge in [0.25, 0.3) is 5.91 Å². The van der Waals surface area contributed by atoms with Gasteiger partial charge >= 0.3 is 0 Å². The van der Waals surface area contributed by atoms with Crippen LogP contribution in [0.4, 0.5) is 0 Å². The summed E-state index contributed by atoms with van der Waals surface area (Å²) in [4.78, 5) is 15.5. The Bertz CT molecular complexity index is 402. The molecule has 0 fully saturated rings. The van der Waals surface area contributed by atoms with Crippen LogP contribution < -0.4 is 5.32 Å². The SMILES string of the molecule is O=C(NCCCOCCO)c1ccc(Cl)nc1Cl. The first-order valence-corrected chi connectivity index (χ1v) is 6.19. The maximum Gasteiger partial charge on any atom is 0.254 e. The van der Waals surface area contributed by atoms with E-state index in [9.17, 15) is 4.79 Å². The van der Waals surface area contributed by atoms with E-state index in [-0.39, 0.29) is 28.4 Å². The lowest BCUT2D eigenvalue weighted by Gasteiger charge is -2.06. The summed E-state index contributed by atoms with van der Waals surface area (Å²) in [7, 11) is 0. The van der Waals surface area contributed by atoms with Gasteiger partial charge in [0.1, 0.15) is 10.3 Å². The summed E-state index contributed by atoms with van der Waals surface area (Å²) in [5, 5.41) is 11.5. The Kier molecular flexibility index (Phi) is 6.97.